The van der Waals surface area contributed by atoms with E-state index in [0.29, 0.717) is 0 Å². The average molecular weight is 200 g/mol. The second-order valence-electron chi connectivity index (χ2n) is 3.38. The van der Waals surface area contributed by atoms with Crippen LogP contribution in [0.4, 0.5) is 0 Å². The van der Waals surface area contributed by atoms with Crippen molar-refractivity contribution in [2.75, 3.05) is 11.5 Å². The molecule has 0 aromatic heterocycles. The molecule has 0 atom stereocenters. The maximum atomic E-state index is 2.27. The maximum Gasteiger partial charge on any atom is -0.00675 e. The molecule has 0 heterocycles. The zero-order valence-corrected chi connectivity index (χ0v) is 10.0. The Hall–Kier alpha value is 0.0900. The minimum atomic E-state index is 1.28. The highest BCUT2D eigenvalue weighted by atomic mass is 32.2. The Morgan fingerprint density at radius 2 is 1.77 bits per heavy atom. The van der Waals surface area contributed by atoms with Gasteiger partial charge in [-0.2, -0.15) is 11.8 Å². The number of thioether (sulfide) groups is 1. The summed E-state index contributed by atoms with van der Waals surface area (Å²) in [4.78, 5) is 0. The fourth-order valence-corrected chi connectivity index (χ4v) is 2.13. The third-order valence-electron chi connectivity index (χ3n) is 1.99. The van der Waals surface area contributed by atoms with E-state index < -0.39 is 0 Å². The van der Waals surface area contributed by atoms with Crippen LogP contribution in [0.2, 0.25) is 0 Å². The molecule has 0 bridgehead atoms. The number of allylic oxidation sites excluding steroid dienone is 2. The molecular formula is C12H24S. The molecule has 1 heteroatoms. The molecule has 0 aliphatic rings. The summed E-state index contributed by atoms with van der Waals surface area (Å²) in [5.41, 5.74) is 0. The number of rotatable bonds is 9. The molecule has 0 aromatic rings. The zero-order chi connectivity index (χ0) is 9.78. The molecule has 0 rings (SSSR count). The largest absolute Gasteiger partial charge is 0.162 e. The normalized spacial score (nSPS) is 11.2. The highest BCUT2D eigenvalue weighted by molar-refractivity contribution is 7.99. The van der Waals surface area contributed by atoms with E-state index in [4.69, 9.17) is 0 Å². The molecule has 0 aliphatic heterocycles. The summed E-state index contributed by atoms with van der Waals surface area (Å²) in [6.07, 6.45) is 12.7. The van der Waals surface area contributed by atoms with Gasteiger partial charge >= 0.3 is 0 Å². The topological polar surface area (TPSA) is 0 Å². The van der Waals surface area contributed by atoms with Gasteiger partial charge in [-0.05, 0) is 44.1 Å². The lowest BCUT2D eigenvalue weighted by molar-refractivity contribution is 0.678. The minimum absolute atomic E-state index is 1.28. The molecule has 0 saturated carbocycles. The predicted molar refractivity (Wildman–Crippen MR) is 65.5 cm³/mol. The lowest BCUT2D eigenvalue weighted by Crippen LogP contribution is -1.83. The van der Waals surface area contributed by atoms with E-state index in [1.165, 1.54) is 50.0 Å². The van der Waals surface area contributed by atoms with Gasteiger partial charge in [0.25, 0.3) is 0 Å². The van der Waals surface area contributed by atoms with Gasteiger partial charge in [0, 0.05) is 0 Å². The van der Waals surface area contributed by atoms with Gasteiger partial charge in [-0.1, -0.05) is 31.9 Å². The van der Waals surface area contributed by atoms with Crippen LogP contribution in [-0.4, -0.2) is 11.5 Å². The second-order valence-corrected chi connectivity index (χ2v) is 4.61. The van der Waals surface area contributed by atoms with E-state index in [2.05, 4.69) is 37.8 Å². The van der Waals surface area contributed by atoms with E-state index in [1.54, 1.807) is 0 Å². The third-order valence-corrected chi connectivity index (χ3v) is 3.27. The average Bonchev–Trinajstić information content (AvgIpc) is 2.16. The lowest BCUT2D eigenvalue weighted by atomic mass is 10.1. The highest BCUT2D eigenvalue weighted by Gasteiger charge is 1.89. The maximum absolute atomic E-state index is 2.27. The first-order valence-electron chi connectivity index (χ1n) is 5.60. The van der Waals surface area contributed by atoms with Crippen molar-refractivity contribution in [1.29, 1.82) is 0 Å². The van der Waals surface area contributed by atoms with Crippen LogP contribution in [0, 0.1) is 0 Å². The van der Waals surface area contributed by atoms with Crippen LogP contribution in [0.15, 0.2) is 12.2 Å². The lowest BCUT2D eigenvalue weighted by Gasteiger charge is -1.99. The summed E-state index contributed by atoms with van der Waals surface area (Å²) in [5, 5.41) is 0. The molecule has 0 N–H and O–H groups in total. The van der Waals surface area contributed by atoms with Crippen LogP contribution in [0.25, 0.3) is 0 Å². The molecule has 0 saturated heterocycles. The number of hydrogen-bond acceptors (Lipinski definition) is 1. The Morgan fingerprint density at radius 1 is 1.00 bits per heavy atom. The van der Waals surface area contributed by atoms with Crippen LogP contribution in [-0.2, 0) is 0 Å². The molecule has 0 unspecified atom stereocenters. The molecule has 0 nitrogen and oxygen atoms in total. The Balaban J connectivity index is 2.83. The first kappa shape index (κ1) is 13.1. The van der Waals surface area contributed by atoms with Crippen molar-refractivity contribution in [2.45, 2.75) is 52.4 Å². The first-order chi connectivity index (χ1) is 6.41. The minimum Gasteiger partial charge on any atom is -0.162 e. The number of hydrogen-bond donors (Lipinski definition) is 0. The smallest absolute Gasteiger partial charge is 0.00675 e. The summed E-state index contributed by atoms with van der Waals surface area (Å²) in [5.74, 6) is 2.72. The van der Waals surface area contributed by atoms with Gasteiger partial charge < -0.3 is 0 Å². The molecule has 0 spiro atoms. The number of unbranched alkanes of at least 4 members (excludes halogenated alkanes) is 4. The van der Waals surface area contributed by atoms with E-state index in [-0.39, 0.29) is 0 Å². The Morgan fingerprint density at radius 3 is 2.46 bits per heavy atom. The van der Waals surface area contributed by atoms with Gasteiger partial charge in [-0.25, -0.2) is 0 Å². The van der Waals surface area contributed by atoms with Crippen molar-refractivity contribution in [2.24, 2.45) is 0 Å². The van der Waals surface area contributed by atoms with E-state index in [1.807, 2.05) is 0 Å². The van der Waals surface area contributed by atoms with Crippen LogP contribution >= 0.6 is 11.8 Å². The fraction of sp³-hybridized carbons (Fsp3) is 0.833. The molecule has 0 amide bonds. The summed E-state index contributed by atoms with van der Waals surface area (Å²) in [7, 11) is 0. The molecule has 13 heavy (non-hydrogen) atoms. The van der Waals surface area contributed by atoms with E-state index in [9.17, 15) is 0 Å². The van der Waals surface area contributed by atoms with Crippen molar-refractivity contribution in [3.05, 3.63) is 12.2 Å². The highest BCUT2D eigenvalue weighted by Crippen LogP contribution is 2.09. The molecule has 0 fully saturated rings. The molecule has 78 valence electrons. The first-order valence-corrected chi connectivity index (χ1v) is 6.76. The van der Waals surface area contributed by atoms with Crippen molar-refractivity contribution < 1.29 is 0 Å². The van der Waals surface area contributed by atoms with Gasteiger partial charge in [0.05, 0.1) is 0 Å². The SMILES string of the molecule is C/C=C/CCCCCCSCCC. The van der Waals surface area contributed by atoms with Gasteiger partial charge in [-0.15, -0.1) is 0 Å². The van der Waals surface area contributed by atoms with Crippen molar-refractivity contribution in [3.8, 4) is 0 Å². The van der Waals surface area contributed by atoms with Crippen molar-refractivity contribution in [1.82, 2.24) is 0 Å². The summed E-state index contributed by atoms with van der Waals surface area (Å²) in [6.45, 7) is 4.35. The van der Waals surface area contributed by atoms with E-state index in [0.717, 1.165) is 0 Å². The van der Waals surface area contributed by atoms with Gasteiger partial charge in [0.1, 0.15) is 0 Å². The molecule has 0 aliphatic carbocycles. The van der Waals surface area contributed by atoms with E-state index >= 15 is 0 Å². The van der Waals surface area contributed by atoms with Crippen LogP contribution < -0.4 is 0 Å². The molecule has 0 radical (unpaired) electrons. The standard InChI is InChI=1S/C12H24S/c1-3-5-6-7-8-9-10-12-13-11-4-2/h3,5H,4,6-12H2,1-2H3/b5-3+. The quantitative estimate of drug-likeness (QED) is 0.385. The van der Waals surface area contributed by atoms with Gasteiger partial charge in [0.2, 0.25) is 0 Å². The van der Waals surface area contributed by atoms with Gasteiger partial charge in [-0.3, -0.25) is 0 Å². The van der Waals surface area contributed by atoms with Gasteiger partial charge in [0.15, 0.2) is 0 Å². The Kier molecular flexibility index (Phi) is 12.2. The van der Waals surface area contributed by atoms with Crippen LogP contribution in [0.5, 0.6) is 0 Å². The summed E-state index contributed by atoms with van der Waals surface area (Å²) < 4.78 is 0. The monoisotopic (exact) mass is 200 g/mol. The molecular weight excluding hydrogens is 176 g/mol. The van der Waals surface area contributed by atoms with Crippen LogP contribution in [0.1, 0.15) is 52.4 Å². The third kappa shape index (κ3) is 12.1. The zero-order valence-electron chi connectivity index (χ0n) is 9.22. The van der Waals surface area contributed by atoms with Crippen LogP contribution in [0.3, 0.4) is 0 Å². The summed E-state index contributed by atoms with van der Waals surface area (Å²) in [6, 6.07) is 0. The Labute approximate surface area is 88.2 Å². The van der Waals surface area contributed by atoms with Crippen molar-refractivity contribution >= 4 is 11.8 Å². The molecule has 0 aromatic carbocycles. The fourth-order valence-electron chi connectivity index (χ4n) is 1.23. The second kappa shape index (κ2) is 12.1. The Bertz CT molecular complexity index is 108. The summed E-state index contributed by atoms with van der Waals surface area (Å²) >= 11 is 2.11. The van der Waals surface area contributed by atoms with Crippen molar-refractivity contribution in [3.63, 3.8) is 0 Å². The predicted octanol–water partition coefficient (Wildman–Crippen LogP) is 4.66.